The summed E-state index contributed by atoms with van der Waals surface area (Å²) < 4.78 is 4.23. The highest BCUT2D eigenvalue weighted by molar-refractivity contribution is 5.36. The number of hydrogen-bond donors (Lipinski definition) is 0. The van der Waals surface area contributed by atoms with E-state index in [1.807, 2.05) is 18.7 Å². The second-order valence-corrected chi connectivity index (χ2v) is 5.12. The van der Waals surface area contributed by atoms with E-state index in [1.54, 1.807) is 0 Å². The van der Waals surface area contributed by atoms with Crippen LogP contribution < -0.4 is 0 Å². The average Bonchev–Trinajstić information content (AvgIpc) is 3.17. The molecular formula is C17H20N4. The molecule has 4 heteroatoms. The van der Waals surface area contributed by atoms with Crippen LogP contribution in [0.3, 0.4) is 0 Å². The van der Waals surface area contributed by atoms with Crippen molar-refractivity contribution in [2.75, 3.05) is 0 Å². The Hall–Kier alpha value is -2.36. The van der Waals surface area contributed by atoms with Gasteiger partial charge in [0.15, 0.2) is 0 Å². The minimum absolute atomic E-state index is 0.768. The summed E-state index contributed by atoms with van der Waals surface area (Å²) in [6.45, 7) is 5.06. The Bertz CT molecular complexity index is 724. The summed E-state index contributed by atoms with van der Waals surface area (Å²) in [6.07, 6.45) is 9.81. The van der Waals surface area contributed by atoms with E-state index in [0.717, 1.165) is 36.6 Å². The van der Waals surface area contributed by atoms with Crippen LogP contribution in [-0.2, 0) is 19.4 Å². The summed E-state index contributed by atoms with van der Waals surface area (Å²) in [5.74, 6) is 1.09. The van der Waals surface area contributed by atoms with Gasteiger partial charge in [-0.25, -0.2) is 9.97 Å². The van der Waals surface area contributed by atoms with Gasteiger partial charge in [0.05, 0.1) is 18.6 Å². The normalized spacial score (nSPS) is 11.0. The van der Waals surface area contributed by atoms with Crippen molar-refractivity contribution in [1.82, 2.24) is 19.1 Å². The molecule has 1 aromatic carbocycles. The third-order valence-corrected chi connectivity index (χ3v) is 3.70. The van der Waals surface area contributed by atoms with E-state index in [-0.39, 0.29) is 0 Å². The molecule has 0 amide bonds. The van der Waals surface area contributed by atoms with Gasteiger partial charge in [-0.2, -0.15) is 0 Å². The molecule has 3 rings (SSSR count). The minimum atomic E-state index is 0.768. The molecule has 4 nitrogen and oxygen atoms in total. The van der Waals surface area contributed by atoms with E-state index in [1.165, 1.54) is 5.56 Å². The Kier molecular flexibility index (Phi) is 3.86. The molecule has 0 unspecified atom stereocenters. The molecule has 3 aromatic rings. The fourth-order valence-corrected chi connectivity index (χ4v) is 2.50. The monoisotopic (exact) mass is 280 g/mol. The van der Waals surface area contributed by atoms with E-state index >= 15 is 0 Å². The van der Waals surface area contributed by atoms with Gasteiger partial charge in [-0.15, -0.1) is 0 Å². The molecule has 0 aliphatic carbocycles. The van der Waals surface area contributed by atoms with Gasteiger partial charge < -0.3 is 9.13 Å². The Morgan fingerprint density at radius 2 is 2.00 bits per heavy atom. The number of aryl methyl sites for hydroxylation is 2. The van der Waals surface area contributed by atoms with E-state index < -0.39 is 0 Å². The fraction of sp³-hybridized carbons (Fsp3) is 0.294. The van der Waals surface area contributed by atoms with Gasteiger partial charge in [-0.1, -0.05) is 26.0 Å². The Labute approximate surface area is 125 Å². The van der Waals surface area contributed by atoms with Gasteiger partial charge >= 0.3 is 0 Å². The number of hydrogen-bond acceptors (Lipinski definition) is 2. The summed E-state index contributed by atoms with van der Waals surface area (Å²) in [6, 6.07) is 8.57. The first-order chi connectivity index (χ1) is 10.3. The molecule has 0 N–H and O–H groups in total. The first-order valence-electron chi connectivity index (χ1n) is 7.42. The van der Waals surface area contributed by atoms with Crippen molar-refractivity contribution in [3.63, 3.8) is 0 Å². The van der Waals surface area contributed by atoms with Gasteiger partial charge in [0.1, 0.15) is 5.82 Å². The Morgan fingerprint density at radius 1 is 1.10 bits per heavy atom. The summed E-state index contributed by atoms with van der Waals surface area (Å²) in [5, 5.41) is 0. The summed E-state index contributed by atoms with van der Waals surface area (Å²) in [7, 11) is 0. The van der Waals surface area contributed by atoms with Crippen LogP contribution in [0.5, 0.6) is 0 Å². The highest BCUT2D eigenvalue weighted by Crippen LogP contribution is 2.13. The lowest BCUT2D eigenvalue weighted by atomic mass is 10.1. The number of benzene rings is 1. The SMILES string of the molecule is CCc1cccc(-n2cnc(Cn3ccnc3CC)c2)c1. The quantitative estimate of drug-likeness (QED) is 0.719. The molecule has 0 aliphatic heterocycles. The molecule has 2 aromatic heterocycles. The van der Waals surface area contributed by atoms with Crippen molar-refractivity contribution >= 4 is 0 Å². The molecule has 0 spiro atoms. The van der Waals surface area contributed by atoms with Crippen molar-refractivity contribution in [3.05, 3.63) is 66.3 Å². The van der Waals surface area contributed by atoms with Crippen molar-refractivity contribution in [3.8, 4) is 5.69 Å². The lowest BCUT2D eigenvalue weighted by Crippen LogP contribution is -2.03. The minimum Gasteiger partial charge on any atom is -0.329 e. The Morgan fingerprint density at radius 3 is 2.81 bits per heavy atom. The summed E-state index contributed by atoms with van der Waals surface area (Å²) >= 11 is 0. The third-order valence-electron chi connectivity index (χ3n) is 3.70. The van der Waals surface area contributed by atoms with Gasteiger partial charge in [0.25, 0.3) is 0 Å². The molecule has 0 atom stereocenters. The molecule has 0 radical (unpaired) electrons. The molecule has 21 heavy (non-hydrogen) atoms. The molecule has 0 saturated carbocycles. The maximum absolute atomic E-state index is 4.51. The molecule has 0 saturated heterocycles. The molecule has 0 fully saturated rings. The van der Waals surface area contributed by atoms with Crippen LogP contribution in [0.1, 0.15) is 30.9 Å². The van der Waals surface area contributed by atoms with Gasteiger partial charge in [0.2, 0.25) is 0 Å². The van der Waals surface area contributed by atoms with Crippen molar-refractivity contribution in [1.29, 1.82) is 0 Å². The van der Waals surface area contributed by atoms with Crippen LogP contribution in [0.2, 0.25) is 0 Å². The first-order valence-corrected chi connectivity index (χ1v) is 7.42. The lowest BCUT2D eigenvalue weighted by Gasteiger charge is -2.05. The molecule has 108 valence electrons. The molecule has 2 heterocycles. The molecule has 0 bridgehead atoms. The lowest BCUT2D eigenvalue weighted by molar-refractivity contribution is 0.719. The number of rotatable bonds is 5. The predicted molar refractivity (Wildman–Crippen MR) is 83.6 cm³/mol. The standard InChI is InChI=1S/C17H20N4/c1-3-14-6-5-7-16(10-14)21-12-15(19-13-21)11-20-9-8-18-17(20)4-2/h5-10,12-13H,3-4,11H2,1-2H3. The highest BCUT2D eigenvalue weighted by Gasteiger charge is 2.05. The van der Waals surface area contributed by atoms with Crippen LogP contribution in [0.4, 0.5) is 0 Å². The first kappa shape index (κ1) is 13.6. The van der Waals surface area contributed by atoms with E-state index in [0.29, 0.717) is 0 Å². The summed E-state index contributed by atoms with van der Waals surface area (Å²) in [4.78, 5) is 8.86. The number of imidazole rings is 2. The van der Waals surface area contributed by atoms with Crippen molar-refractivity contribution < 1.29 is 0 Å². The largest absolute Gasteiger partial charge is 0.329 e. The van der Waals surface area contributed by atoms with E-state index in [2.05, 4.69) is 63.4 Å². The van der Waals surface area contributed by atoms with Crippen LogP contribution in [0.15, 0.2) is 49.2 Å². The average molecular weight is 280 g/mol. The van der Waals surface area contributed by atoms with Crippen molar-refractivity contribution in [2.45, 2.75) is 33.2 Å². The highest BCUT2D eigenvalue weighted by atomic mass is 15.1. The zero-order valence-electron chi connectivity index (χ0n) is 12.5. The number of nitrogens with zero attached hydrogens (tertiary/aromatic N) is 4. The van der Waals surface area contributed by atoms with Crippen LogP contribution in [0.25, 0.3) is 5.69 Å². The maximum Gasteiger partial charge on any atom is 0.108 e. The van der Waals surface area contributed by atoms with Crippen molar-refractivity contribution in [2.24, 2.45) is 0 Å². The van der Waals surface area contributed by atoms with Gasteiger partial charge in [-0.3, -0.25) is 0 Å². The topological polar surface area (TPSA) is 35.6 Å². The molecule has 0 aliphatic rings. The van der Waals surface area contributed by atoms with Crippen LogP contribution in [0, 0.1) is 0 Å². The van der Waals surface area contributed by atoms with Crippen LogP contribution in [-0.4, -0.2) is 19.1 Å². The summed E-state index contributed by atoms with van der Waals surface area (Å²) in [5.41, 5.74) is 3.55. The smallest absolute Gasteiger partial charge is 0.108 e. The second-order valence-electron chi connectivity index (χ2n) is 5.12. The predicted octanol–water partition coefficient (Wildman–Crippen LogP) is 3.24. The third kappa shape index (κ3) is 2.89. The van der Waals surface area contributed by atoms with Crippen LogP contribution >= 0.6 is 0 Å². The van der Waals surface area contributed by atoms with E-state index in [4.69, 9.17) is 0 Å². The fourth-order valence-electron chi connectivity index (χ4n) is 2.50. The zero-order chi connectivity index (χ0) is 14.7. The number of aromatic nitrogens is 4. The zero-order valence-corrected chi connectivity index (χ0v) is 12.5. The Balaban J connectivity index is 1.83. The van der Waals surface area contributed by atoms with Gasteiger partial charge in [0, 0.05) is 30.7 Å². The molecular weight excluding hydrogens is 260 g/mol. The van der Waals surface area contributed by atoms with E-state index in [9.17, 15) is 0 Å². The van der Waals surface area contributed by atoms with Gasteiger partial charge in [-0.05, 0) is 24.1 Å². The second kappa shape index (κ2) is 5.95. The maximum atomic E-state index is 4.51.